The molecule has 1 aromatic carbocycles. The van der Waals surface area contributed by atoms with Crippen LogP contribution in [0.15, 0.2) is 45.7 Å². The second kappa shape index (κ2) is 9.53. The van der Waals surface area contributed by atoms with E-state index in [0.29, 0.717) is 42.0 Å². The number of halogens is 6. The predicted octanol–water partition coefficient (Wildman–Crippen LogP) is 6.46. The maximum absolute atomic E-state index is 14.2. The average Bonchev–Trinajstić information content (AvgIpc) is 3.14. The second-order valence-corrected chi connectivity index (χ2v) is 8.92. The van der Waals surface area contributed by atoms with Crippen LogP contribution in [0.25, 0.3) is 0 Å². The third-order valence-electron chi connectivity index (χ3n) is 5.22. The lowest BCUT2D eigenvalue weighted by Crippen LogP contribution is -2.43. The Morgan fingerprint density at radius 1 is 1.22 bits per heavy atom. The van der Waals surface area contributed by atoms with Crippen LogP contribution < -0.4 is 5.43 Å². The number of hydrogen-bond donors (Lipinski definition) is 1. The molecule has 1 heterocycles. The van der Waals surface area contributed by atoms with Gasteiger partial charge in [-0.05, 0) is 49.1 Å². The summed E-state index contributed by atoms with van der Waals surface area (Å²) in [6.45, 7) is 1.88. The zero-order chi connectivity index (χ0) is 23.7. The van der Waals surface area contributed by atoms with Gasteiger partial charge >= 0.3 is 6.18 Å². The Labute approximate surface area is 198 Å². The summed E-state index contributed by atoms with van der Waals surface area (Å²) >= 11 is 18.2. The van der Waals surface area contributed by atoms with E-state index in [1.54, 1.807) is 13.1 Å². The molecule has 5 nitrogen and oxygen atoms in total. The second-order valence-electron chi connectivity index (χ2n) is 7.59. The van der Waals surface area contributed by atoms with Gasteiger partial charge in [-0.2, -0.15) is 13.2 Å². The fraction of sp³-hybridized carbons (Fsp3) is 0.429. The van der Waals surface area contributed by atoms with Gasteiger partial charge in [-0.15, -0.1) is 0 Å². The molecule has 1 aliphatic heterocycles. The Morgan fingerprint density at radius 2 is 1.88 bits per heavy atom. The molecule has 174 valence electrons. The molecule has 11 heteroatoms. The molecule has 1 aliphatic carbocycles. The molecule has 0 spiro atoms. The lowest BCUT2D eigenvalue weighted by atomic mass is 9.85. The number of nitrogens with zero attached hydrogens (tertiary/aromatic N) is 2. The molecular weight excluding hydrogens is 490 g/mol. The Balaban J connectivity index is 1.90. The van der Waals surface area contributed by atoms with Crippen LogP contribution in [0.2, 0.25) is 10.0 Å². The molecule has 3 rings (SSSR count). The van der Waals surface area contributed by atoms with Crippen molar-refractivity contribution in [1.82, 2.24) is 10.4 Å². The van der Waals surface area contributed by atoms with E-state index >= 15 is 0 Å². The van der Waals surface area contributed by atoms with Gasteiger partial charge in [-0.1, -0.05) is 46.9 Å². The topological polar surface area (TPSA) is 53.9 Å². The van der Waals surface area contributed by atoms with Gasteiger partial charge in [0.25, 0.3) is 5.60 Å². The highest BCUT2D eigenvalue weighted by molar-refractivity contribution is 6.34. The van der Waals surface area contributed by atoms with E-state index in [2.05, 4.69) is 10.6 Å². The summed E-state index contributed by atoms with van der Waals surface area (Å²) in [7, 11) is 1.62. The van der Waals surface area contributed by atoms with Crippen molar-refractivity contribution in [3.8, 4) is 0 Å². The lowest BCUT2D eigenvalue weighted by Gasteiger charge is -2.30. The zero-order valence-corrected chi connectivity index (χ0v) is 19.6. The fourth-order valence-electron chi connectivity index (χ4n) is 3.59. The van der Waals surface area contributed by atoms with Crippen LogP contribution in [0, 0.1) is 0 Å². The minimum absolute atomic E-state index is 0.0616. The van der Waals surface area contributed by atoms with E-state index in [1.165, 1.54) is 23.2 Å². The monoisotopic (exact) mass is 509 g/mol. The van der Waals surface area contributed by atoms with Gasteiger partial charge in [0.1, 0.15) is 0 Å². The number of likely N-dealkylation sites (N-methyl/N-ethyl adjacent to an activating group) is 1. The highest BCUT2D eigenvalue weighted by Crippen LogP contribution is 2.50. The molecule has 1 atom stereocenters. The molecule has 32 heavy (non-hydrogen) atoms. The molecular formula is C21H21Cl3F3N3O2. The van der Waals surface area contributed by atoms with Crippen molar-refractivity contribution < 1.29 is 22.8 Å². The third kappa shape index (κ3) is 5.02. The molecule has 0 radical (unpaired) electrons. The van der Waals surface area contributed by atoms with Gasteiger partial charge in [-0.25, -0.2) is 0 Å². The number of rotatable bonds is 6. The van der Waals surface area contributed by atoms with Crippen LogP contribution in [0.3, 0.4) is 0 Å². The SMILES string of the molecule is CCCC(=O)NN(C)C1=C(Cl)CCC(C2=NOC(c3cc(Cl)cc(Cl)c3)(C(F)(F)F)C2)=C1. The van der Waals surface area contributed by atoms with E-state index in [4.69, 9.17) is 39.6 Å². The molecule has 1 aromatic rings. The molecule has 0 aromatic heterocycles. The third-order valence-corrected chi connectivity index (χ3v) is 6.04. The first-order valence-electron chi connectivity index (χ1n) is 9.88. The first kappa shape index (κ1) is 24.7. The number of amides is 1. The van der Waals surface area contributed by atoms with Crippen molar-refractivity contribution in [2.24, 2.45) is 5.16 Å². The summed E-state index contributed by atoms with van der Waals surface area (Å²) in [6.07, 6.45) is -1.92. The number of benzene rings is 1. The van der Waals surface area contributed by atoms with Crippen molar-refractivity contribution >= 4 is 46.4 Å². The van der Waals surface area contributed by atoms with E-state index in [0.717, 1.165) is 0 Å². The summed E-state index contributed by atoms with van der Waals surface area (Å²) < 4.78 is 42.6. The highest BCUT2D eigenvalue weighted by atomic mass is 35.5. The number of carbonyl (C=O) groups excluding carboxylic acids is 1. The van der Waals surface area contributed by atoms with E-state index in [9.17, 15) is 18.0 Å². The molecule has 1 unspecified atom stereocenters. The maximum atomic E-state index is 14.2. The van der Waals surface area contributed by atoms with Crippen molar-refractivity contribution in [3.05, 3.63) is 56.2 Å². The summed E-state index contributed by atoms with van der Waals surface area (Å²) in [5.41, 5.74) is 0.938. The average molecular weight is 511 g/mol. The number of oxime groups is 1. The Kier molecular flexibility index (Phi) is 7.37. The van der Waals surface area contributed by atoms with Crippen LogP contribution in [0.4, 0.5) is 13.2 Å². The zero-order valence-electron chi connectivity index (χ0n) is 17.3. The Bertz CT molecular complexity index is 987. The van der Waals surface area contributed by atoms with Gasteiger partial charge in [0.2, 0.25) is 5.91 Å². The molecule has 0 fully saturated rings. The first-order valence-corrected chi connectivity index (χ1v) is 11.0. The van der Waals surface area contributed by atoms with Crippen molar-refractivity contribution in [1.29, 1.82) is 0 Å². The van der Waals surface area contributed by atoms with Crippen molar-refractivity contribution in [3.63, 3.8) is 0 Å². The Hall–Kier alpha value is -1.90. The van der Waals surface area contributed by atoms with Gasteiger partial charge in [0.15, 0.2) is 0 Å². The minimum Gasteiger partial charge on any atom is -0.374 e. The molecule has 0 saturated heterocycles. The normalized spacial score (nSPS) is 21.1. The number of hydrazine groups is 1. The molecule has 1 N–H and O–H groups in total. The quantitative estimate of drug-likeness (QED) is 0.447. The standard InChI is InChI=1S/C21H21Cl3F3N3O2/c1-3-4-19(31)28-30(2)18-7-12(5-6-16(18)24)17-11-20(32-29-17,21(25,26)27)13-8-14(22)10-15(23)9-13/h7-10H,3-6,11H2,1-2H3,(H,28,31). The summed E-state index contributed by atoms with van der Waals surface area (Å²) in [4.78, 5) is 17.0. The van der Waals surface area contributed by atoms with Crippen LogP contribution in [0.1, 0.15) is 44.6 Å². The van der Waals surface area contributed by atoms with Gasteiger partial charge in [-0.3, -0.25) is 15.2 Å². The molecule has 2 aliphatic rings. The molecule has 0 bridgehead atoms. The summed E-state index contributed by atoms with van der Waals surface area (Å²) in [5, 5.41) is 5.86. The first-order chi connectivity index (χ1) is 15.0. The lowest BCUT2D eigenvalue weighted by molar-refractivity contribution is -0.275. The number of alkyl halides is 3. The van der Waals surface area contributed by atoms with Crippen molar-refractivity contribution in [2.75, 3.05) is 7.05 Å². The Morgan fingerprint density at radius 3 is 2.47 bits per heavy atom. The van der Waals surface area contributed by atoms with Crippen LogP contribution >= 0.6 is 34.8 Å². The van der Waals surface area contributed by atoms with Gasteiger partial charge in [0.05, 0.1) is 11.4 Å². The van der Waals surface area contributed by atoms with Gasteiger partial charge < -0.3 is 4.84 Å². The predicted molar refractivity (Wildman–Crippen MR) is 118 cm³/mol. The van der Waals surface area contributed by atoms with E-state index in [-0.39, 0.29) is 27.2 Å². The number of carbonyl (C=O) groups is 1. The van der Waals surface area contributed by atoms with Crippen LogP contribution in [-0.2, 0) is 15.2 Å². The van der Waals surface area contributed by atoms with Crippen molar-refractivity contribution in [2.45, 2.75) is 50.8 Å². The largest absolute Gasteiger partial charge is 0.435 e. The molecule has 1 amide bonds. The van der Waals surface area contributed by atoms with E-state index < -0.39 is 18.2 Å². The maximum Gasteiger partial charge on any atom is 0.435 e. The number of allylic oxidation sites excluding steroid dienone is 3. The number of nitrogens with one attached hydrogen (secondary N) is 1. The number of hydrogen-bond acceptors (Lipinski definition) is 4. The summed E-state index contributed by atoms with van der Waals surface area (Å²) in [6, 6.07) is 3.70. The highest BCUT2D eigenvalue weighted by Gasteiger charge is 2.62. The minimum atomic E-state index is -4.78. The van der Waals surface area contributed by atoms with Crippen LogP contribution in [-0.4, -0.2) is 29.9 Å². The smallest absolute Gasteiger partial charge is 0.374 e. The summed E-state index contributed by atoms with van der Waals surface area (Å²) in [5.74, 6) is -0.192. The molecule has 0 saturated carbocycles. The fourth-order valence-corrected chi connectivity index (χ4v) is 4.39. The van der Waals surface area contributed by atoms with Crippen LogP contribution in [0.5, 0.6) is 0 Å². The van der Waals surface area contributed by atoms with E-state index in [1.807, 2.05) is 6.92 Å². The van der Waals surface area contributed by atoms with Gasteiger partial charge in [0, 0.05) is 40.5 Å².